The van der Waals surface area contributed by atoms with Crippen molar-refractivity contribution in [2.75, 3.05) is 18.8 Å². The van der Waals surface area contributed by atoms with Crippen LogP contribution >= 0.6 is 0 Å². The number of hydrogen-bond donors (Lipinski definition) is 6. The number of phenolic OH excluding ortho intramolecular Hbond substituents is 1. The van der Waals surface area contributed by atoms with Gasteiger partial charge in [-0.15, -0.1) is 6.58 Å². The van der Waals surface area contributed by atoms with Crippen molar-refractivity contribution in [1.82, 2.24) is 4.90 Å². The zero-order chi connectivity index (χ0) is 27.8. The number of phenols is 1. The van der Waals surface area contributed by atoms with Crippen molar-refractivity contribution in [3.05, 3.63) is 65.7 Å². The number of primary amides is 1. The van der Waals surface area contributed by atoms with Gasteiger partial charge in [0.25, 0.3) is 0 Å². The summed E-state index contributed by atoms with van der Waals surface area (Å²) in [5.74, 6) is -0.402. The highest BCUT2D eigenvalue weighted by atomic mass is 16.5. The highest BCUT2D eigenvalue weighted by molar-refractivity contribution is 5.90. The smallest absolute Gasteiger partial charge is 0.402 e. The van der Waals surface area contributed by atoms with E-state index in [1.807, 2.05) is 12.1 Å². The maximum Gasteiger partial charge on any atom is 0.402 e. The summed E-state index contributed by atoms with van der Waals surface area (Å²) >= 11 is 0. The molecule has 2 fully saturated rings. The Morgan fingerprint density at radius 2 is 1.82 bits per heavy atom. The lowest BCUT2D eigenvalue weighted by Gasteiger charge is -2.62. The summed E-state index contributed by atoms with van der Waals surface area (Å²) < 4.78 is 5.98. The molecule has 202 valence electrons. The highest BCUT2D eigenvalue weighted by Crippen LogP contribution is 2.64. The maximum absolute atomic E-state index is 12.6. The molecular weight excluding hydrogens is 494 g/mol. The van der Waals surface area contributed by atoms with Crippen LogP contribution in [0.15, 0.2) is 49.1 Å². The van der Waals surface area contributed by atoms with Gasteiger partial charge in [-0.1, -0.05) is 12.1 Å². The molecule has 38 heavy (non-hydrogen) atoms. The Balaban J connectivity index is 0.000000201. The van der Waals surface area contributed by atoms with Gasteiger partial charge in [-0.3, -0.25) is 9.69 Å². The Bertz CT molecular complexity index is 1280. The molecule has 2 aliphatic heterocycles. The molecular formula is C27H31N3O8. The number of ketones is 1. The Morgan fingerprint density at radius 1 is 1.16 bits per heavy atom. The number of Topliss-reactive ketones (excluding diaryl/α,β-unsaturated/α-hetero) is 1. The molecule has 1 spiro atoms. The summed E-state index contributed by atoms with van der Waals surface area (Å²) in [5.41, 5.74) is 10.5. The van der Waals surface area contributed by atoms with Crippen LogP contribution in [0.1, 0.15) is 40.7 Å². The predicted octanol–water partition coefficient (Wildman–Crippen LogP) is 1.89. The summed E-state index contributed by atoms with van der Waals surface area (Å²) in [4.78, 5) is 34.0. The van der Waals surface area contributed by atoms with Gasteiger partial charge in [0.2, 0.25) is 0 Å². The minimum absolute atomic E-state index is 0.0408. The molecule has 6 rings (SSSR count). The van der Waals surface area contributed by atoms with E-state index in [1.54, 1.807) is 18.2 Å². The molecule has 0 aromatic heterocycles. The number of hydrogen-bond acceptors (Lipinski definition) is 8. The van der Waals surface area contributed by atoms with Gasteiger partial charge in [-0.25, -0.2) is 9.59 Å². The molecule has 4 aliphatic rings. The number of benzene rings is 2. The minimum atomic E-state index is -1.33. The number of nitrogen functional groups attached to an aromatic ring is 1. The Morgan fingerprint density at radius 3 is 2.42 bits per heavy atom. The molecule has 2 aromatic rings. The van der Waals surface area contributed by atoms with Gasteiger partial charge < -0.3 is 36.6 Å². The zero-order valence-corrected chi connectivity index (χ0v) is 20.7. The van der Waals surface area contributed by atoms with Crippen molar-refractivity contribution in [1.29, 1.82) is 0 Å². The first-order chi connectivity index (χ1) is 18.0. The number of nitrogens with zero attached hydrogens (tertiary/aromatic N) is 1. The van der Waals surface area contributed by atoms with Gasteiger partial charge in [-0.05, 0) is 55.2 Å². The van der Waals surface area contributed by atoms with Crippen LogP contribution in [0.3, 0.4) is 0 Å². The number of likely N-dealkylation sites (tertiary alicyclic amines) is 1. The average molecular weight is 526 g/mol. The monoisotopic (exact) mass is 525 g/mol. The fourth-order valence-corrected chi connectivity index (χ4v) is 6.42. The number of anilines is 1. The van der Waals surface area contributed by atoms with Crippen molar-refractivity contribution in [2.24, 2.45) is 5.73 Å². The van der Waals surface area contributed by atoms with Crippen LogP contribution in [0.4, 0.5) is 10.5 Å². The van der Waals surface area contributed by atoms with Crippen LogP contribution in [0.5, 0.6) is 11.5 Å². The number of aliphatic hydroxyl groups is 1. The van der Waals surface area contributed by atoms with Gasteiger partial charge >= 0.3 is 12.1 Å². The lowest BCUT2D eigenvalue weighted by molar-refractivity contribution is -0.187. The van der Waals surface area contributed by atoms with Crippen LogP contribution < -0.4 is 16.2 Å². The van der Waals surface area contributed by atoms with Gasteiger partial charge in [0.1, 0.15) is 0 Å². The first-order valence-corrected chi connectivity index (χ1v) is 12.2. The number of piperidine rings is 1. The van der Waals surface area contributed by atoms with Gasteiger partial charge in [-0.2, -0.15) is 0 Å². The molecule has 4 atom stereocenters. The van der Waals surface area contributed by atoms with E-state index < -0.39 is 29.2 Å². The fourth-order valence-electron chi connectivity index (χ4n) is 6.42. The van der Waals surface area contributed by atoms with E-state index in [0.717, 1.165) is 24.2 Å². The number of carbonyl (C=O) groups excluding carboxylic acids is 1. The van der Waals surface area contributed by atoms with Gasteiger partial charge in [0.05, 0.1) is 16.6 Å². The van der Waals surface area contributed by atoms with E-state index in [-0.39, 0.29) is 23.1 Å². The molecule has 0 radical (unpaired) electrons. The average Bonchev–Trinajstić information content (AvgIpc) is 3.21. The number of carboxylic acids is 1. The second kappa shape index (κ2) is 9.99. The predicted molar refractivity (Wildman–Crippen MR) is 137 cm³/mol. The second-order valence-electron chi connectivity index (χ2n) is 9.83. The quantitative estimate of drug-likeness (QED) is 0.254. The molecule has 11 nitrogen and oxygen atoms in total. The highest BCUT2D eigenvalue weighted by Gasteiger charge is 2.73. The largest absolute Gasteiger partial charge is 0.504 e. The van der Waals surface area contributed by atoms with E-state index in [0.29, 0.717) is 37.1 Å². The summed E-state index contributed by atoms with van der Waals surface area (Å²) in [6, 6.07) is 9.57. The van der Waals surface area contributed by atoms with Crippen LogP contribution in [0.2, 0.25) is 0 Å². The molecule has 1 saturated heterocycles. The molecule has 2 bridgehead atoms. The molecule has 0 unspecified atom stereocenters. The molecule has 1 saturated carbocycles. The second-order valence-corrected chi connectivity index (χ2v) is 9.83. The third-order valence-electron chi connectivity index (χ3n) is 7.89. The van der Waals surface area contributed by atoms with E-state index in [2.05, 4.69) is 17.2 Å². The van der Waals surface area contributed by atoms with Crippen LogP contribution in [-0.4, -0.2) is 74.0 Å². The number of ether oxygens (including phenoxy) is 1. The minimum Gasteiger partial charge on any atom is -0.504 e. The topological polar surface area (TPSA) is 197 Å². The molecule has 8 N–H and O–H groups in total. The fraction of sp³-hybridized carbons (Fsp3) is 0.370. The first-order valence-electron chi connectivity index (χ1n) is 12.2. The molecule has 2 heterocycles. The summed E-state index contributed by atoms with van der Waals surface area (Å²) in [7, 11) is 0. The number of rotatable bonds is 3. The van der Waals surface area contributed by atoms with Crippen molar-refractivity contribution in [2.45, 2.75) is 48.8 Å². The normalized spacial score (nSPS) is 27.9. The molecule has 1 amide bonds. The third-order valence-corrected chi connectivity index (χ3v) is 7.89. The van der Waals surface area contributed by atoms with Crippen molar-refractivity contribution in [3.8, 4) is 11.5 Å². The maximum atomic E-state index is 12.6. The number of aromatic carboxylic acids is 1. The summed E-state index contributed by atoms with van der Waals surface area (Å²) in [5, 5.41) is 37.7. The molecule has 2 aromatic carbocycles. The number of nitrogens with two attached hydrogens (primary N) is 2. The Labute approximate surface area is 218 Å². The van der Waals surface area contributed by atoms with Crippen LogP contribution in [0, 0.1) is 0 Å². The summed E-state index contributed by atoms with van der Waals surface area (Å²) in [6.45, 7) is 5.36. The SMILES string of the molecule is C=CCN1CC[C@]23c4c5ccc(O)c4O[C@H]2C(=O)CC[C@@]3(O)[C@H]1C5.NC(=O)O.Nc1ccc(C(=O)O)cc1. The third kappa shape index (κ3) is 4.23. The Kier molecular flexibility index (Phi) is 7.09. The standard InChI is InChI=1S/C19H21NO4.C7H7NO2.CH3NO2/c1-2-8-20-9-7-18-15-11-3-4-12(21)16(15)24-17(18)13(22)5-6-19(18,23)14(20)10-11;8-6-3-1-5(2-4-6)7(9)10;2-1(3)4/h2-4,14,17,21,23H,1,5-10H2;1-4H,8H2,(H,9,10);2H2,(H,3,4)/t14-,17+,18+,19-;;/m1../s1. The Hall–Kier alpha value is -4.09. The number of carboxylic acid groups (broad SMARTS) is 2. The number of carbonyl (C=O) groups is 3. The van der Waals surface area contributed by atoms with Gasteiger partial charge in [0, 0.05) is 36.8 Å². The van der Waals surface area contributed by atoms with Crippen molar-refractivity contribution in [3.63, 3.8) is 0 Å². The molecule has 11 heteroatoms. The molecule has 2 aliphatic carbocycles. The zero-order valence-electron chi connectivity index (χ0n) is 20.7. The van der Waals surface area contributed by atoms with E-state index in [4.69, 9.17) is 25.5 Å². The lowest BCUT2D eigenvalue weighted by Crippen LogP contribution is -2.76. The van der Waals surface area contributed by atoms with E-state index >= 15 is 0 Å². The number of amides is 1. The lowest BCUT2D eigenvalue weighted by atomic mass is 9.49. The van der Waals surface area contributed by atoms with Crippen molar-refractivity contribution >= 4 is 23.5 Å². The van der Waals surface area contributed by atoms with E-state index in [9.17, 15) is 19.8 Å². The number of aromatic hydroxyl groups is 1. The van der Waals surface area contributed by atoms with Gasteiger partial charge in [0.15, 0.2) is 23.4 Å². The van der Waals surface area contributed by atoms with Crippen LogP contribution in [-0.2, 0) is 16.6 Å². The van der Waals surface area contributed by atoms with Crippen molar-refractivity contribution < 1.29 is 39.5 Å². The van der Waals surface area contributed by atoms with E-state index in [1.165, 1.54) is 12.1 Å². The summed E-state index contributed by atoms with van der Waals surface area (Å²) in [6.07, 6.45) is 2.01. The first kappa shape index (κ1) is 27.0. The van der Waals surface area contributed by atoms with Crippen LogP contribution in [0.25, 0.3) is 0 Å².